The third kappa shape index (κ3) is 2.87. The number of rotatable bonds is 3. The SMILES string of the molecule is O=[N+]([O-])c1c(Cl)ncnc1N1CCc2[nH]nc(-c3ccc(Cl)cc3)c2C1. The number of benzene rings is 1. The van der Waals surface area contributed by atoms with Crippen LogP contribution in [-0.4, -0.2) is 31.6 Å². The lowest BCUT2D eigenvalue weighted by Crippen LogP contribution is -2.31. The van der Waals surface area contributed by atoms with Gasteiger partial charge in [0.05, 0.1) is 10.6 Å². The first-order valence-corrected chi connectivity index (χ1v) is 8.52. The zero-order valence-electron chi connectivity index (χ0n) is 13.3. The number of aromatic nitrogens is 4. The molecule has 0 aliphatic carbocycles. The van der Waals surface area contributed by atoms with E-state index in [-0.39, 0.29) is 16.7 Å². The van der Waals surface area contributed by atoms with Gasteiger partial charge in [0.2, 0.25) is 11.0 Å². The molecule has 4 rings (SSSR count). The van der Waals surface area contributed by atoms with E-state index in [4.69, 9.17) is 23.2 Å². The molecule has 0 saturated carbocycles. The normalized spacial score (nSPS) is 13.5. The van der Waals surface area contributed by atoms with Crippen molar-refractivity contribution in [1.29, 1.82) is 0 Å². The van der Waals surface area contributed by atoms with Gasteiger partial charge in [0.25, 0.3) is 0 Å². The fourth-order valence-corrected chi connectivity index (χ4v) is 3.38. The van der Waals surface area contributed by atoms with Crippen molar-refractivity contribution in [3.8, 4) is 11.3 Å². The number of halogens is 2. The van der Waals surface area contributed by atoms with Crippen LogP contribution in [0.2, 0.25) is 10.2 Å². The van der Waals surface area contributed by atoms with Crippen molar-refractivity contribution in [2.45, 2.75) is 13.0 Å². The summed E-state index contributed by atoms with van der Waals surface area (Å²) in [5.74, 6) is 0.212. The monoisotopic (exact) mass is 390 g/mol. The number of nitrogens with one attached hydrogen (secondary N) is 1. The molecule has 26 heavy (non-hydrogen) atoms. The Morgan fingerprint density at radius 2 is 1.96 bits per heavy atom. The lowest BCUT2D eigenvalue weighted by molar-refractivity contribution is -0.384. The van der Waals surface area contributed by atoms with Gasteiger partial charge in [-0.05, 0) is 12.1 Å². The highest BCUT2D eigenvalue weighted by Crippen LogP contribution is 2.36. The lowest BCUT2D eigenvalue weighted by Gasteiger charge is -2.27. The first-order chi connectivity index (χ1) is 12.5. The Bertz CT molecular complexity index is 989. The molecule has 3 heterocycles. The molecule has 0 saturated heterocycles. The molecule has 1 N–H and O–H groups in total. The molecule has 1 aliphatic rings. The van der Waals surface area contributed by atoms with Gasteiger partial charge in [-0.15, -0.1) is 0 Å². The summed E-state index contributed by atoms with van der Waals surface area (Å²) in [6, 6.07) is 7.38. The second kappa shape index (κ2) is 6.54. The van der Waals surface area contributed by atoms with Crippen LogP contribution >= 0.6 is 23.2 Å². The van der Waals surface area contributed by atoms with Crippen LogP contribution in [0.25, 0.3) is 11.3 Å². The summed E-state index contributed by atoms with van der Waals surface area (Å²) >= 11 is 11.9. The molecule has 0 unspecified atom stereocenters. The number of aromatic amines is 1. The van der Waals surface area contributed by atoms with Gasteiger partial charge in [-0.3, -0.25) is 15.2 Å². The summed E-state index contributed by atoms with van der Waals surface area (Å²) in [4.78, 5) is 20.5. The van der Waals surface area contributed by atoms with Gasteiger partial charge in [0.1, 0.15) is 6.33 Å². The Labute approximate surface area is 157 Å². The predicted molar refractivity (Wildman–Crippen MR) is 97.5 cm³/mol. The fraction of sp³-hybridized carbons (Fsp3) is 0.188. The smallest absolute Gasteiger partial charge is 0.346 e. The van der Waals surface area contributed by atoms with E-state index in [1.165, 1.54) is 6.33 Å². The first kappa shape index (κ1) is 16.7. The van der Waals surface area contributed by atoms with Crippen LogP contribution in [-0.2, 0) is 13.0 Å². The van der Waals surface area contributed by atoms with Crippen molar-refractivity contribution in [2.75, 3.05) is 11.4 Å². The van der Waals surface area contributed by atoms with Gasteiger partial charge < -0.3 is 4.90 Å². The van der Waals surface area contributed by atoms with E-state index >= 15 is 0 Å². The minimum absolute atomic E-state index is 0.170. The summed E-state index contributed by atoms with van der Waals surface area (Å²) in [5.41, 5.74) is 3.42. The molecule has 1 aliphatic heterocycles. The molecule has 10 heteroatoms. The number of nitrogens with zero attached hydrogens (tertiary/aromatic N) is 5. The molecule has 132 valence electrons. The van der Waals surface area contributed by atoms with Crippen LogP contribution in [0.15, 0.2) is 30.6 Å². The molecular weight excluding hydrogens is 379 g/mol. The lowest BCUT2D eigenvalue weighted by atomic mass is 10.0. The quantitative estimate of drug-likeness (QED) is 0.416. The number of hydrogen-bond acceptors (Lipinski definition) is 6. The van der Waals surface area contributed by atoms with E-state index in [9.17, 15) is 10.1 Å². The Morgan fingerprint density at radius 3 is 2.69 bits per heavy atom. The number of anilines is 1. The van der Waals surface area contributed by atoms with Crippen LogP contribution in [0.5, 0.6) is 0 Å². The zero-order valence-corrected chi connectivity index (χ0v) is 14.8. The minimum atomic E-state index is -0.553. The average Bonchev–Trinajstić information content (AvgIpc) is 3.05. The van der Waals surface area contributed by atoms with E-state index < -0.39 is 4.92 Å². The summed E-state index contributed by atoms with van der Waals surface area (Å²) in [7, 11) is 0. The first-order valence-electron chi connectivity index (χ1n) is 7.76. The fourth-order valence-electron chi connectivity index (χ4n) is 3.06. The molecule has 8 nitrogen and oxygen atoms in total. The van der Waals surface area contributed by atoms with Crippen LogP contribution < -0.4 is 4.90 Å². The molecule has 0 bridgehead atoms. The van der Waals surface area contributed by atoms with Crippen molar-refractivity contribution in [3.63, 3.8) is 0 Å². The molecular formula is C16H12Cl2N6O2. The van der Waals surface area contributed by atoms with Gasteiger partial charge in [-0.2, -0.15) is 5.10 Å². The van der Waals surface area contributed by atoms with Crippen LogP contribution in [0.1, 0.15) is 11.3 Å². The highest BCUT2D eigenvalue weighted by molar-refractivity contribution is 6.32. The topological polar surface area (TPSA) is 101 Å². The minimum Gasteiger partial charge on any atom is -0.346 e. The summed E-state index contributed by atoms with van der Waals surface area (Å²) in [6.07, 6.45) is 1.89. The molecule has 0 radical (unpaired) electrons. The summed E-state index contributed by atoms with van der Waals surface area (Å²) < 4.78 is 0. The largest absolute Gasteiger partial charge is 0.348 e. The zero-order chi connectivity index (χ0) is 18.3. The van der Waals surface area contributed by atoms with Crippen molar-refractivity contribution < 1.29 is 4.92 Å². The number of hydrogen-bond donors (Lipinski definition) is 1. The maximum absolute atomic E-state index is 11.4. The van der Waals surface area contributed by atoms with Gasteiger partial charge in [0.15, 0.2) is 0 Å². The number of nitro groups is 1. The van der Waals surface area contributed by atoms with Crippen LogP contribution in [0, 0.1) is 10.1 Å². The third-order valence-corrected chi connectivity index (χ3v) is 4.82. The second-order valence-electron chi connectivity index (χ2n) is 5.80. The Morgan fingerprint density at radius 1 is 1.19 bits per heavy atom. The van der Waals surface area contributed by atoms with Gasteiger partial charge >= 0.3 is 5.69 Å². The molecule has 0 fully saturated rings. The van der Waals surface area contributed by atoms with E-state index in [0.717, 1.165) is 22.5 Å². The van der Waals surface area contributed by atoms with Crippen LogP contribution in [0.4, 0.5) is 11.5 Å². The van der Waals surface area contributed by atoms with E-state index in [1.54, 1.807) is 12.1 Å². The van der Waals surface area contributed by atoms with Crippen LogP contribution in [0.3, 0.4) is 0 Å². The van der Waals surface area contributed by atoms with Gasteiger partial charge in [-0.25, -0.2) is 9.97 Å². The highest BCUT2D eigenvalue weighted by atomic mass is 35.5. The Balaban J connectivity index is 1.73. The average molecular weight is 391 g/mol. The Hall–Kier alpha value is -2.71. The third-order valence-electron chi connectivity index (χ3n) is 4.29. The van der Waals surface area contributed by atoms with E-state index in [2.05, 4.69) is 20.2 Å². The van der Waals surface area contributed by atoms with Crippen molar-refractivity contribution in [3.05, 3.63) is 62.1 Å². The van der Waals surface area contributed by atoms with E-state index in [1.807, 2.05) is 17.0 Å². The number of fused-ring (bicyclic) bond motifs is 1. The van der Waals surface area contributed by atoms with E-state index in [0.29, 0.717) is 24.5 Å². The highest BCUT2D eigenvalue weighted by Gasteiger charge is 2.30. The summed E-state index contributed by atoms with van der Waals surface area (Å²) in [5, 5.41) is 19.3. The maximum atomic E-state index is 11.4. The summed E-state index contributed by atoms with van der Waals surface area (Å²) in [6.45, 7) is 0.988. The molecule has 0 atom stereocenters. The molecule has 1 aromatic carbocycles. The molecule has 0 spiro atoms. The van der Waals surface area contributed by atoms with Crippen molar-refractivity contribution in [1.82, 2.24) is 20.2 Å². The molecule has 2 aromatic heterocycles. The standard InChI is InChI=1S/C16H12Cl2N6O2/c17-10-3-1-9(2-4-10)13-11-7-23(6-5-12(11)21-22-13)16-14(24(25)26)15(18)19-8-20-16/h1-4,8H,5-7H2,(H,21,22). The van der Waals surface area contributed by atoms with Crippen molar-refractivity contribution in [2.24, 2.45) is 0 Å². The predicted octanol–water partition coefficient (Wildman–Crippen LogP) is 3.64. The molecule has 3 aromatic rings. The Kier molecular flexibility index (Phi) is 4.21. The molecule has 0 amide bonds. The maximum Gasteiger partial charge on any atom is 0.348 e. The number of H-pyrrole nitrogens is 1. The van der Waals surface area contributed by atoms with Crippen molar-refractivity contribution >= 4 is 34.7 Å². The van der Waals surface area contributed by atoms with Gasteiger partial charge in [0, 0.05) is 41.4 Å². The second-order valence-corrected chi connectivity index (χ2v) is 6.60. The van der Waals surface area contributed by atoms with Gasteiger partial charge in [-0.1, -0.05) is 35.3 Å².